The standard InChI is InChI=1S/C14H19F2N3O2S/c1-3-8(2)11(19-14(17)21)12(20)18-9-6-4-5-7-10(9)22-13(15)16/h4-8,11,13H,3H2,1-2H3,(H,18,20)(H3,17,19,21)/t8-,11+/m1/s1. The van der Waals surface area contributed by atoms with E-state index in [-0.39, 0.29) is 16.5 Å². The summed E-state index contributed by atoms with van der Waals surface area (Å²) in [5.74, 6) is -3.23. The number of primary amides is 1. The first-order valence-electron chi connectivity index (χ1n) is 6.75. The van der Waals surface area contributed by atoms with Crippen LogP contribution in [0.15, 0.2) is 29.2 Å². The van der Waals surface area contributed by atoms with Gasteiger partial charge >= 0.3 is 6.03 Å². The number of nitrogens with one attached hydrogen (secondary N) is 2. The molecule has 0 aliphatic rings. The monoisotopic (exact) mass is 331 g/mol. The lowest BCUT2D eigenvalue weighted by Crippen LogP contribution is -2.49. The molecule has 1 rings (SSSR count). The molecule has 0 spiro atoms. The third-order valence-corrected chi connectivity index (χ3v) is 3.94. The van der Waals surface area contributed by atoms with Gasteiger partial charge in [0.25, 0.3) is 5.76 Å². The van der Waals surface area contributed by atoms with Crippen LogP contribution in [0.1, 0.15) is 20.3 Å². The number of rotatable bonds is 7. The molecule has 122 valence electrons. The first-order valence-corrected chi connectivity index (χ1v) is 7.63. The fourth-order valence-corrected chi connectivity index (χ4v) is 2.43. The smallest absolute Gasteiger partial charge is 0.312 e. The molecule has 0 aliphatic heterocycles. The van der Waals surface area contributed by atoms with Crippen LogP contribution in [-0.2, 0) is 4.79 Å². The third-order valence-electron chi connectivity index (χ3n) is 3.15. The summed E-state index contributed by atoms with van der Waals surface area (Å²) in [6, 6.07) is 4.62. The number of benzene rings is 1. The maximum atomic E-state index is 12.5. The van der Waals surface area contributed by atoms with Crippen molar-refractivity contribution >= 4 is 29.4 Å². The number of alkyl halides is 2. The Hall–Kier alpha value is -1.83. The molecular formula is C14H19F2N3O2S. The molecule has 0 saturated heterocycles. The second-order valence-electron chi connectivity index (χ2n) is 4.74. The molecular weight excluding hydrogens is 312 g/mol. The first kappa shape index (κ1) is 18.2. The van der Waals surface area contributed by atoms with Crippen LogP contribution in [0.3, 0.4) is 0 Å². The van der Waals surface area contributed by atoms with E-state index >= 15 is 0 Å². The average Bonchev–Trinajstić information content (AvgIpc) is 2.45. The van der Waals surface area contributed by atoms with Gasteiger partial charge in [-0.05, 0) is 18.1 Å². The van der Waals surface area contributed by atoms with Gasteiger partial charge in [0, 0.05) is 4.90 Å². The van der Waals surface area contributed by atoms with E-state index in [9.17, 15) is 18.4 Å². The van der Waals surface area contributed by atoms with Gasteiger partial charge in [-0.25, -0.2) is 4.79 Å². The minimum atomic E-state index is -2.59. The van der Waals surface area contributed by atoms with Crippen molar-refractivity contribution in [3.63, 3.8) is 0 Å². The maximum Gasteiger partial charge on any atom is 0.312 e. The highest BCUT2D eigenvalue weighted by Crippen LogP contribution is 2.31. The summed E-state index contributed by atoms with van der Waals surface area (Å²) in [5.41, 5.74) is 5.35. The quantitative estimate of drug-likeness (QED) is 0.672. The van der Waals surface area contributed by atoms with Crippen LogP contribution in [0.2, 0.25) is 0 Å². The van der Waals surface area contributed by atoms with Crippen LogP contribution in [0, 0.1) is 5.92 Å². The number of hydrogen-bond acceptors (Lipinski definition) is 3. The molecule has 0 unspecified atom stereocenters. The molecule has 0 aromatic heterocycles. The number of amides is 3. The van der Waals surface area contributed by atoms with E-state index in [1.807, 2.05) is 6.92 Å². The van der Waals surface area contributed by atoms with Crippen LogP contribution in [0.25, 0.3) is 0 Å². The summed E-state index contributed by atoms with van der Waals surface area (Å²) < 4.78 is 25.1. The number of carbonyl (C=O) groups is 2. The highest BCUT2D eigenvalue weighted by Gasteiger charge is 2.26. The normalized spacial score (nSPS) is 13.5. The molecule has 3 amide bonds. The lowest BCUT2D eigenvalue weighted by atomic mass is 9.98. The SMILES string of the molecule is CC[C@@H](C)[C@H](NC(N)=O)C(=O)Nc1ccccc1SC(F)F. The molecule has 0 aliphatic carbocycles. The van der Waals surface area contributed by atoms with Gasteiger partial charge < -0.3 is 16.4 Å². The number of halogens is 2. The van der Waals surface area contributed by atoms with Gasteiger partial charge in [-0.15, -0.1) is 0 Å². The minimum absolute atomic E-state index is 0.151. The lowest BCUT2D eigenvalue weighted by Gasteiger charge is -2.23. The fraction of sp³-hybridized carbons (Fsp3) is 0.429. The van der Waals surface area contributed by atoms with Crippen molar-refractivity contribution in [2.45, 2.75) is 37.0 Å². The molecule has 22 heavy (non-hydrogen) atoms. The predicted molar refractivity (Wildman–Crippen MR) is 82.9 cm³/mol. The van der Waals surface area contributed by atoms with Crippen molar-refractivity contribution in [2.75, 3.05) is 5.32 Å². The number of thioether (sulfide) groups is 1. The van der Waals surface area contributed by atoms with Crippen LogP contribution in [0.4, 0.5) is 19.3 Å². The molecule has 0 heterocycles. The zero-order chi connectivity index (χ0) is 16.7. The van der Waals surface area contributed by atoms with E-state index in [1.165, 1.54) is 12.1 Å². The Morgan fingerprint density at radius 2 is 1.95 bits per heavy atom. The van der Waals surface area contributed by atoms with Gasteiger partial charge in [0.05, 0.1) is 5.69 Å². The highest BCUT2D eigenvalue weighted by molar-refractivity contribution is 7.99. The van der Waals surface area contributed by atoms with Gasteiger partial charge in [0.15, 0.2) is 0 Å². The number of para-hydroxylation sites is 1. The van der Waals surface area contributed by atoms with Crippen molar-refractivity contribution in [1.82, 2.24) is 5.32 Å². The van der Waals surface area contributed by atoms with E-state index < -0.39 is 23.7 Å². The Labute approximate surface area is 132 Å². The Bertz CT molecular complexity index is 529. The summed E-state index contributed by atoms with van der Waals surface area (Å²) >= 11 is 0.347. The van der Waals surface area contributed by atoms with E-state index in [0.29, 0.717) is 18.2 Å². The Morgan fingerprint density at radius 3 is 2.50 bits per heavy atom. The van der Waals surface area contributed by atoms with Crippen LogP contribution in [-0.4, -0.2) is 23.7 Å². The first-order chi connectivity index (χ1) is 10.3. The van der Waals surface area contributed by atoms with Crippen molar-refractivity contribution in [1.29, 1.82) is 0 Å². The Morgan fingerprint density at radius 1 is 1.32 bits per heavy atom. The van der Waals surface area contributed by atoms with E-state index in [4.69, 9.17) is 5.73 Å². The van der Waals surface area contributed by atoms with Crippen molar-refractivity contribution < 1.29 is 18.4 Å². The highest BCUT2D eigenvalue weighted by atomic mass is 32.2. The summed E-state index contributed by atoms with van der Waals surface area (Å²) in [5, 5.41) is 4.96. The molecule has 0 saturated carbocycles. The molecule has 2 atom stereocenters. The Kier molecular flexibility index (Phi) is 7.10. The fourth-order valence-electron chi connectivity index (χ4n) is 1.83. The van der Waals surface area contributed by atoms with Crippen LogP contribution >= 0.6 is 11.8 Å². The number of carbonyl (C=O) groups excluding carboxylic acids is 2. The number of nitrogens with two attached hydrogens (primary N) is 1. The van der Waals surface area contributed by atoms with E-state index in [2.05, 4.69) is 10.6 Å². The molecule has 0 radical (unpaired) electrons. The summed E-state index contributed by atoms with van der Waals surface area (Å²) in [6.45, 7) is 3.66. The van der Waals surface area contributed by atoms with E-state index in [0.717, 1.165) is 0 Å². The number of anilines is 1. The van der Waals surface area contributed by atoms with Crippen molar-refractivity contribution in [2.24, 2.45) is 11.7 Å². The second-order valence-corrected chi connectivity index (χ2v) is 5.77. The summed E-state index contributed by atoms with van der Waals surface area (Å²) in [4.78, 5) is 23.6. The molecule has 4 N–H and O–H groups in total. The third kappa shape index (κ3) is 5.51. The largest absolute Gasteiger partial charge is 0.352 e. The predicted octanol–water partition coefficient (Wildman–Crippen LogP) is 3.02. The molecule has 5 nitrogen and oxygen atoms in total. The van der Waals surface area contributed by atoms with Crippen molar-refractivity contribution in [3.05, 3.63) is 24.3 Å². The molecule has 1 aromatic carbocycles. The maximum absolute atomic E-state index is 12.5. The zero-order valence-electron chi connectivity index (χ0n) is 12.3. The average molecular weight is 331 g/mol. The molecule has 8 heteroatoms. The van der Waals surface area contributed by atoms with E-state index in [1.54, 1.807) is 19.1 Å². The van der Waals surface area contributed by atoms with Gasteiger partial charge in [-0.2, -0.15) is 8.78 Å². The molecule has 0 bridgehead atoms. The zero-order valence-corrected chi connectivity index (χ0v) is 13.1. The summed E-state index contributed by atoms with van der Waals surface area (Å²) in [6.07, 6.45) is 0.645. The summed E-state index contributed by atoms with van der Waals surface area (Å²) in [7, 11) is 0. The number of urea groups is 1. The van der Waals surface area contributed by atoms with Gasteiger partial charge in [-0.3, -0.25) is 4.79 Å². The topological polar surface area (TPSA) is 84.2 Å². The van der Waals surface area contributed by atoms with Crippen LogP contribution < -0.4 is 16.4 Å². The Balaban J connectivity index is 2.91. The van der Waals surface area contributed by atoms with Crippen molar-refractivity contribution in [3.8, 4) is 0 Å². The lowest BCUT2D eigenvalue weighted by molar-refractivity contribution is -0.119. The molecule has 0 fully saturated rings. The number of hydrogen-bond donors (Lipinski definition) is 3. The van der Waals surface area contributed by atoms with Gasteiger partial charge in [-0.1, -0.05) is 44.2 Å². The molecule has 1 aromatic rings. The minimum Gasteiger partial charge on any atom is -0.352 e. The second kappa shape index (κ2) is 8.57. The van der Waals surface area contributed by atoms with Gasteiger partial charge in [0.1, 0.15) is 6.04 Å². The van der Waals surface area contributed by atoms with Crippen LogP contribution in [0.5, 0.6) is 0 Å². The van der Waals surface area contributed by atoms with Gasteiger partial charge in [0.2, 0.25) is 5.91 Å².